The number of aliphatic hydroxyl groups is 1. The van der Waals surface area contributed by atoms with Crippen LogP contribution in [-0.4, -0.2) is 22.8 Å². The SMILES string of the molecule is C=CC1(O)C2C3CC4C5C3C1C5C(OC(C)=O)C42. The molecule has 0 saturated heterocycles. The van der Waals surface area contributed by atoms with E-state index in [0.717, 1.165) is 5.92 Å². The van der Waals surface area contributed by atoms with Crippen LogP contribution in [0.15, 0.2) is 12.7 Å². The molecular formula is C15H18O3. The van der Waals surface area contributed by atoms with Crippen LogP contribution in [0.5, 0.6) is 0 Å². The van der Waals surface area contributed by atoms with Gasteiger partial charge in [-0.3, -0.25) is 4.79 Å². The summed E-state index contributed by atoms with van der Waals surface area (Å²) >= 11 is 0. The van der Waals surface area contributed by atoms with Gasteiger partial charge in [-0.2, -0.15) is 0 Å². The lowest BCUT2D eigenvalue weighted by molar-refractivity contribution is -0.179. The molecule has 0 aliphatic heterocycles. The maximum absolute atomic E-state index is 11.3. The summed E-state index contributed by atoms with van der Waals surface area (Å²) in [4.78, 5) is 11.3. The summed E-state index contributed by atoms with van der Waals surface area (Å²) in [5, 5.41) is 11.0. The molecule has 0 spiro atoms. The van der Waals surface area contributed by atoms with Gasteiger partial charge in [0.25, 0.3) is 0 Å². The smallest absolute Gasteiger partial charge is 0.302 e. The Bertz CT molecular complexity index is 486. The number of carbonyl (C=O) groups is 1. The van der Waals surface area contributed by atoms with Crippen LogP contribution in [-0.2, 0) is 9.53 Å². The minimum absolute atomic E-state index is 0.0940. The zero-order chi connectivity index (χ0) is 12.4. The third kappa shape index (κ3) is 0.696. The van der Waals surface area contributed by atoms with E-state index in [0.29, 0.717) is 41.4 Å². The minimum atomic E-state index is -0.664. The molecule has 0 heterocycles. The average Bonchev–Trinajstić information content (AvgIpc) is 2.78. The third-order valence-corrected chi connectivity index (χ3v) is 7.08. The Morgan fingerprint density at radius 3 is 2.72 bits per heavy atom. The number of fused-ring (bicyclic) bond motifs is 2. The predicted molar refractivity (Wildman–Crippen MR) is 63.2 cm³/mol. The van der Waals surface area contributed by atoms with Gasteiger partial charge in [-0.25, -0.2) is 0 Å². The maximum Gasteiger partial charge on any atom is 0.302 e. The first-order valence-corrected chi connectivity index (χ1v) is 7.12. The Balaban J connectivity index is 1.65. The van der Waals surface area contributed by atoms with Gasteiger partial charge in [-0.1, -0.05) is 6.08 Å². The second-order valence-electron chi connectivity index (χ2n) is 7.09. The van der Waals surface area contributed by atoms with E-state index >= 15 is 0 Å². The van der Waals surface area contributed by atoms with Gasteiger partial charge >= 0.3 is 5.97 Å². The monoisotopic (exact) mass is 246 g/mol. The van der Waals surface area contributed by atoms with Gasteiger partial charge in [-0.05, 0) is 30.1 Å². The standard InChI is InChI=1S/C15H18O3/c1-3-15(17)12-7-4-6-8-9(7)13(15)11(8)14(10(6)12)18-5(2)16/h3,6-14,17H,1,4H2,2H3. The van der Waals surface area contributed by atoms with Crippen LogP contribution < -0.4 is 0 Å². The first-order valence-electron chi connectivity index (χ1n) is 7.12. The van der Waals surface area contributed by atoms with E-state index in [1.165, 1.54) is 13.3 Å². The van der Waals surface area contributed by atoms with Crippen molar-refractivity contribution in [3.05, 3.63) is 12.7 Å². The normalized spacial score (nSPS) is 68.4. The van der Waals surface area contributed by atoms with Gasteiger partial charge in [-0.15, -0.1) is 6.58 Å². The van der Waals surface area contributed by atoms with Crippen molar-refractivity contribution in [1.29, 1.82) is 0 Å². The second kappa shape index (κ2) is 2.55. The van der Waals surface area contributed by atoms with Gasteiger partial charge in [0.2, 0.25) is 0 Å². The molecule has 5 saturated carbocycles. The molecule has 5 rings (SSSR count). The number of esters is 1. The maximum atomic E-state index is 11.3. The van der Waals surface area contributed by atoms with E-state index in [4.69, 9.17) is 4.74 Å². The first-order chi connectivity index (χ1) is 8.59. The molecule has 10 unspecified atom stereocenters. The molecule has 0 aromatic heterocycles. The summed E-state index contributed by atoms with van der Waals surface area (Å²) in [6.07, 6.45) is 3.14. The number of carbonyl (C=O) groups excluding carboxylic acids is 1. The van der Waals surface area contributed by atoms with E-state index in [1.807, 2.05) is 0 Å². The van der Waals surface area contributed by atoms with Gasteiger partial charge in [0.15, 0.2) is 0 Å². The summed E-state index contributed by atoms with van der Waals surface area (Å²) in [5.74, 6) is 4.13. The summed E-state index contributed by atoms with van der Waals surface area (Å²) in [6.45, 7) is 5.39. The van der Waals surface area contributed by atoms with Gasteiger partial charge in [0.05, 0.1) is 5.60 Å². The molecule has 3 nitrogen and oxygen atoms in total. The van der Waals surface area contributed by atoms with Gasteiger partial charge in [0, 0.05) is 30.6 Å². The Labute approximate surface area is 106 Å². The zero-order valence-corrected chi connectivity index (χ0v) is 10.5. The molecule has 2 bridgehead atoms. The van der Waals surface area contributed by atoms with Crippen molar-refractivity contribution in [2.45, 2.75) is 25.0 Å². The van der Waals surface area contributed by atoms with E-state index < -0.39 is 5.60 Å². The number of rotatable bonds is 2. The summed E-state index contributed by atoms with van der Waals surface area (Å²) in [7, 11) is 0. The fourth-order valence-electron chi connectivity index (χ4n) is 7.19. The lowest BCUT2D eigenvalue weighted by Crippen LogP contribution is -2.58. The predicted octanol–water partition coefficient (Wildman–Crippen LogP) is 1.22. The molecule has 0 radical (unpaired) electrons. The van der Waals surface area contributed by atoms with Crippen molar-refractivity contribution in [2.24, 2.45) is 47.3 Å². The van der Waals surface area contributed by atoms with Crippen LogP contribution in [0.3, 0.4) is 0 Å². The minimum Gasteiger partial charge on any atom is -0.462 e. The molecule has 0 aromatic rings. The summed E-state index contributed by atoms with van der Waals surface area (Å²) in [6, 6.07) is 0. The molecular weight excluding hydrogens is 228 g/mol. The van der Waals surface area contributed by atoms with E-state index in [1.54, 1.807) is 6.08 Å². The van der Waals surface area contributed by atoms with Crippen molar-refractivity contribution >= 4 is 5.97 Å². The molecule has 5 aliphatic rings. The Kier molecular flexibility index (Phi) is 1.42. The molecule has 10 atom stereocenters. The van der Waals surface area contributed by atoms with Crippen LogP contribution in [0.25, 0.3) is 0 Å². The van der Waals surface area contributed by atoms with E-state index in [9.17, 15) is 9.90 Å². The van der Waals surface area contributed by atoms with Crippen LogP contribution in [0.2, 0.25) is 0 Å². The van der Waals surface area contributed by atoms with Gasteiger partial charge < -0.3 is 9.84 Å². The van der Waals surface area contributed by atoms with E-state index in [-0.39, 0.29) is 12.1 Å². The molecule has 0 amide bonds. The fourth-order valence-corrected chi connectivity index (χ4v) is 7.19. The van der Waals surface area contributed by atoms with Crippen molar-refractivity contribution < 1.29 is 14.6 Å². The lowest BCUT2D eigenvalue weighted by atomic mass is 9.55. The first kappa shape index (κ1) is 10.0. The Morgan fingerprint density at radius 2 is 2.06 bits per heavy atom. The third-order valence-electron chi connectivity index (χ3n) is 7.08. The number of ether oxygens (including phenoxy) is 1. The van der Waals surface area contributed by atoms with Crippen molar-refractivity contribution in [3.63, 3.8) is 0 Å². The highest BCUT2D eigenvalue weighted by molar-refractivity contribution is 5.66. The molecule has 96 valence electrons. The van der Waals surface area contributed by atoms with Crippen LogP contribution >= 0.6 is 0 Å². The van der Waals surface area contributed by atoms with Crippen molar-refractivity contribution in [1.82, 2.24) is 0 Å². The summed E-state index contributed by atoms with van der Waals surface area (Å²) in [5.41, 5.74) is -0.664. The van der Waals surface area contributed by atoms with Crippen LogP contribution in [0.4, 0.5) is 0 Å². The molecule has 5 fully saturated rings. The second-order valence-corrected chi connectivity index (χ2v) is 7.09. The van der Waals surface area contributed by atoms with Crippen molar-refractivity contribution in [3.8, 4) is 0 Å². The molecule has 18 heavy (non-hydrogen) atoms. The average molecular weight is 246 g/mol. The molecule has 3 heteroatoms. The Morgan fingerprint density at radius 1 is 1.28 bits per heavy atom. The fraction of sp³-hybridized carbons (Fsp3) is 0.800. The van der Waals surface area contributed by atoms with Crippen LogP contribution in [0, 0.1) is 47.3 Å². The highest BCUT2D eigenvalue weighted by atomic mass is 16.5. The lowest BCUT2D eigenvalue weighted by Gasteiger charge is -2.52. The molecule has 0 aromatic carbocycles. The largest absolute Gasteiger partial charge is 0.462 e. The van der Waals surface area contributed by atoms with Crippen molar-refractivity contribution in [2.75, 3.05) is 0 Å². The molecule has 1 N–H and O–H groups in total. The van der Waals surface area contributed by atoms with Crippen LogP contribution in [0.1, 0.15) is 13.3 Å². The van der Waals surface area contributed by atoms with Gasteiger partial charge in [0.1, 0.15) is 6.10 Å². The topological polar surface area (TPSA) is 46.5 Å². The summed E-state index contributed by atoms with van der Waals surface area (Å²) < 4.78 is 5.63. The highest BCUT2D eigenvalue weighted by Gasteiger charge is 2.87. The zero-order valence-electron chi connectivity index (χ0n) is 10.5. The van der Waals surface area contributed by atoms with E-state index in [2.05, 4.69) is 6.58 Å². The quantitative estimate of drug-likeness (QED) is 0.588. The molecule has 5 aliphatic carbocycles. The highest BCUT2D eigenvalue weighted by Crippen LogP contribution is 2.85. The number of hydrogen-bond acceptors (Lipinski definition) is 3. The Hall–Kier alpha value is -0.830. The number of hydrogen-bond donors (Lipinski definition) is 1.